The molecule has 0 unspecified atom stereocenters. The Morgan fingerprint density at radius 2 is 2.07 bits per heavy atom. The Hall–Kier alpha value is -2.62. The summed E-state index contributed by atoms with van der Waals surface area (Å²) in [5.74, 6) is 0.0241. The van der Waals surface area contributed by atoms with Gasteiger partial charge in [-0.05, 0) is 24.1 Å². The highest BCUT2D eigenvalue weighted by Crippen LogP contribution is 2.29. The number of benzene rings is 1. The number of rotatable bonds is 6. The Bertz CT molecular complexity index is 804. The molecule has 146 valence electrons. The van der Waals surface area contributed by atoms with Crippen LogP contribution >= 0.6 is 11.3 Å². The molecule has 1 amide bonds. The lowest BCUT2D eigenvalue weighted by Crippen LogP contribution is -2.41. The largest absolute Gasteiger partial charge is 0.434 e. The van der Waals surface area contributed by atoms with Crippen molar-refractivity contribution < 1.29 is 18.0 Å². The molecular formula is C17H20F3N5OS. The van der Waals surface area contributed by atoms with Crippen LogP contribution in [0.2, 0.25) is 0 Å². The average Bonchev–Trinajstić information content (AvgIpc) is 3.11. The summed E-state index contributed by atoms with van der Waals surface area (Å²) in [6.07, 6.45) is -3.59. The van der Waals surface area contributed by atoms with Crippen molar-refractivity contribution >= 4 is 28.9 Å². The van der Waals surface area contributed by atoms with Gasteiger partial charge in [0.05, 0.1) is 13.1 Å². The van der Waals surface area contributed by atoms with Gasteiger partial charge in [-0.1, -0.05) is 19.1 Å². The molecule has 0 aliphatic rings. The lowest BCUT2D eigenvalue weighted by molar-refractivity contribution is -0.140. The van der Waals surface area contributed by atoms with Gasteiger partial charge in [0.2, 0.25) is 5.91 Å². The van der Waals surface area contributed by atoms with Crippen LogP contribution in [0, 0.1) is 0 Å². The van der Waals surface area contributed by atoms with Gasteiger partial charge in [-0.15, -0.1) is 11.3 Å². The molecule has 0 radical (unpaired) electrons. The lowest BCUT2D eigenvalue weighted by Gasteiger charge is -2.11. The number of nitrogens with one attached hydrogen (secondary N) is 3. The fourth-order valence-electron chi connectivity index (χ4n) is 2.14. The first-order valence-electron chi connectivity index (χ1n) is 8.16. The summed E-state index contributed by atoms with van der Waals surface area (Å²) in [6.45, 7) is 2.06. The number of hydrogen-bond donors (Lipinski definition) is 3. The van der Waals surface area contributed by atoms with Crippen molar-refractivity contribution in [3.63, 3.8) is 0 Å². The first kappa shape index (κ1) is 20.7. The first-order chi connectivity index (χ1) is 12.8. The van der Waals surface area contributed by atoms with Crippen molar-refractivity contribution in [3.05, 3.63) is 45.9 Å². The summed E-state index contributed by atoms with van der Waals surface area (Å²) in [7, 11) is 1.50. The van der Waals surface area contributed by atoms with Gasteiger partial charge < -0.3 is 16.0 Å². The maximum atomic E-state index is 12.5. The molecule has 2 rings (SSSR count). The van der Waals surface area contributed by atoms with Crippen LogP contribution in [0.3, 0.4) is 0 Å². The van der Waals surface area contributed by atoms with Crippen molar-refractivity contribution in [2.75, 3.05) is 18.9 Å². The molecule has 1 heterocycles. The minimum absolute atomic E-state index is 0.0400. The third kappa shape index (κ3) is 6.55. The highest BCUT2D eigenvalue weighted by atomic mass is 32.1. The number of guanidine groups is 1. The standard InChI is InChI=1S/C17H20F3N5OS/c1-3-11-5-4-6-12(7-11)24-14(26)8-22-16(21-2)23-9-15-25-13(10-27-15)17(18,19)20/h4-7,10H,3,8-9H2,1-2H3,(H,24,26)(H2,21,22,23). The minimum Gasteiger partial charge on any atom is -0.350 e. The molecular weight excluding hydrogens is 379 g/mol. The minimum atomic E-state index is -4.46. The Kier molecular flexibility index (Phi) is 7.17. The van der Waals surface area contributed by atoms with Gasteiger partial charge in [0, 0.05) is 18.1 Å². The number of halogens is 3. The second kappa shape index (κ2) is 9.36. The predicted molar refractivity (Wildman–Crippen MR) is 99.8 cm³/mol. The zero-order valence-electron chi connectivity index (χ0n) is 14.9. The van der Waals surface area contributed by atoms with E-state index in [4.69, 9.17) is 0 Å². The quantitative estimate of drug-likeness (QED) is 0.515. The number of aryl methyl sites for hydroxylation is 1. The van der Waals surface area contributed by atoms with Crippen LogP contribution in [0.15, 0.2) is 34.6 Å². The van der Waals surface area contributed by atoms with E-state index in [-0.39, 0.29) is 30.0 Å². The van der Waals surface area contributed by atoms with Gasteiger partial charge in [-0.3, -0.25) is 9.79 Å². The van der Waals surface area contributed by atoms with E-state index in [0.29, 0.717) is 5.69 Å². The molecule has 27 heavy (non-hydrogen) atoms. The molecule has 0 fully saturated rings. The number of carbonyl (C=O) groups excluding carboxylic acids is 1. The molecule has 1 aromatic heterocycles. The molecule has 10 heteroatoms. The van der Waals surface area contributed by atoms with Crippen molar-refractivity contribution in [3.8, 4) is 0 Å². The van der Waals surface area contributed by atoms with Gasteiger partial charge in [-0.2, -0.15) is 13.2 Å². The van der Waals surface area contributed by atoms with Crippen molar-refractivity contribution in [2.45, 2.75) is 26.1 Å². The van der Waals surface area contributed by atoms with E-state index < -0.39 is 11.9 Å². The monoisotopic (exact) mass is 399 g/mol. The van der Waals surface area contributed by atoms with E-state index in [1.54, 1.807) is 6.07 Å². The molecule has 2 aromatic rings. The molecule has 0 saturated heterocycles. The van der Waals surface area contributed by atoms with E-state index in [1.165, 1.54) is 7.05 Å². The highest BCUT2D eigenvalue weighted by molar-refractivity contribution is 7.09. The number of hydrogen-bond acceptors (Lipinski definition) is 4. The van der Waals surface area contributed by atoms with Crippen LogP contribution < -0.4 is 16.0 Å². The van der Waals surface area contributed by atoms with Crippen molar-refractivity contribution in [2.24, 2.45) is 4.99 Å². The van der Waals surface area contributed by atoms with Crippen molar-refractivity contribution in [1.82, 2.24) is 15.6 Å². The molecule has 3 N–H and O–H groups in total. The normalized spacial score (nSPS) is 12.0. The summed E-state index contributed by atoms with van der Waals surface area (Å²) in [5.41, 5.74) is 0.896. The van der Waals surface area contributed by atoms with Crippen LogP contribution in [-0.4, -0.2) is 30.4 Å². The molecule has 0 bridgehead atoms. The molecule has 6 nitrogen and oxygen atoms in total. The number of alkyl halides is 3. The fourth-order valence-corrected chi connectivity index (χ4v) is 2.88. The molecule has 0 aliphatic carbocycles. The van der Waals surface area contributed by atoms with Crippen LogP contribution in [0.5, 0.6) is 0 Å². The van der Waals surface area contributed by atoms with Gasteiger partial charge in [0.15, 0.2) is 11.7 Å². The van der Waals surface area contributed by atoms with Crippen LogP contribution in [0.4, 0.5) is 18.9 Å². The topological polar surface area (TPSA) is 78.4 Å². The predicted octanol–water partition coefficient (Wildman–Crippen LogP) is 3.03. The molecule has 1 aromatic carbocycles. The Morgan fingerprint density at radius 1 is 1.30 bits per heavy atom. The maximum Gasteiger partial charge on any atom is 0.434 e. The number of carbonyl (C=O) groups is 1. The second-order valence-electron chi connectivity index (χ2n) is 5.51. The number of amides is 1. The fraction of sp³-hybridized carbons (Fsp3) is 0.353. The van der Waals surface area contributed by atoms with Gasteiger partial charge in [-0.25, -0.2) is 4.98 Å². The van der Waals surface area contributed by atoms with Crippen molar-refractivity contribution in [1.29, 1.82) is 0 Å². The number of thiazole rings is 1. The van der Waals surface area contributed by atoms with Gasteiger partial charge in [0.1, 0.15) is 5.01 Å². The Morgan fingerprint density at radius 3 is 2.70 bits per heavy atom. The number of nitrogens with zero attached hydrogens (tertiary/aromatic N) is 2. The Labute approximate surface area is 158 Å². The van der Waals surface area contributed by atoms with E-state index >= 15 is 0 Å². The summed E-state index contributed by atoms with van der Waals surface area (Å²) < 4.78 is 37.6. The zero-order valence-corrected chi connectivity index (χ0v) is 15.7. The zero-order chi connectivity index (χ0) is 19.9. The summed E-state index contributed by atoms with van der Waals surface area (Å²) in [5, 5.41) is 9.64. The molecule has 0 aliphatic heterocycles. The average molecular weight is 399 g/mol. The van der Waals surface area contributed by atoms with Gasteiger partial charge in [0.25, 0.3) is 0 Å². The number of aliphatic imine (C=N–C) groups is 1. The van der Waals surface area contributed by atoms with E-state index in [9.17, 15) is 18.0 Å². The maximum absolute atomic E-state index is 12.5. The highest BCUT2D eigenvalue weighted by Gasteiger charge is 2.33. The van der Waals surface area contributed by atoms with Gasteiger partial charge >= 0.3 is 6.18 Å². The van der Waals surface area contributed by atoms with Crippen LogP contribution in [0.1, 0.15) is 23.2 Å². The molecule has 0 saturated carbocycles. The summed E-state index contributed by atoms with van der Waals surface area (Å²) >= 11 is 0.903. The van der Waals surface area contributed by atoms with E-state index in [1.807, 2.05) is 25.1 Å². The van der Waals surface area contributed by atoms with E-state index in [2.05, 4.69) is 25.9 Å². The SMILES string of the molecule is CCc1cccc(NC(=O)CNC(=NC)NCc2nc(C(F)(F)F)cs2)c1. The summed E-state index contributed by atoms with van der Waals surface area (Å²) in [4.78, 5) is 19.5. The van der Waals surface area contributed by atoms with Crippen LogP contribution in [0.25, 0.3) is 0 Å². The number of aromatic nitrogens is 1. The third-order valence-electron chi connectivity index (χ3n) is 3.51. The molecule has 0 atom stereocenters. The third-order valence-corrected chi connectivity index (χ3v) is 4.36. The van der Waals surface area contributed by atoms with E-state index in [0.717, 1.165) is 28.7 Å². The number of anilines is 1. The second-order valence-corrected chi connectivity index (χ2v) is 6.45. The summed E-state index contributed by atoms with van der Waals surface area (Å²) in [6, 6.07) is 7.53. The first-order valence-corrected chi connectivity index (χ1v) is 9.04. The lowest BCUT2D eigenvalue weighted by atomic mass is 10.1. The Balaban J connectivity index is 1.81. The van der Waals surface area contributed by atoms with Crippen LogP contribution in [-0.2, 0) is 23.9 Å². The molecule has 0 spiro atoms. The smallest absolute Gasteiger partial charge is 0.350 e.